The van der Waals surface area contributed by atoms with Crippen LogP contribution in [0.15, 0.2) is 0 Å². The predicted octanol–water partition coefficient (Wildman–Crippen LogP) is 2.77. The first kappa shape index (κ1) is 17.3. The topological polar surface area (TPSA) is 52.6 Å². The molecule has 0 amide bonds. The summed E-state index contributed by atoms with van der Waals surface area (Å²) in [6.45, 7) is 14.4. The Kier molecular flexibility index (Phi) is 6.23. The van der Waals surface area contributed by atoms with Crippen LogP contribution in [0.5, 0.6) is 0 Å². The van der Waals surface area contributed by atoms with Gasteiger partial charge in [-0.15, -0.1) is 0 Å². The van der Waals surface area contributed by atoms with Crippen molar-refractivity contribution in [2.24, 2.45) is 5.92 Å². The highest BCUT2D eigenvalue weighted by atomic mass is 28.4. The number of aldehydes is 1. The van der Waals surface area contributed by atoms with Crippen LogP contribution >= 0.6 is 0 Å². The fraction of sp³-hybridized carbons (Fsp3) is 0.846. The Balaban J connectivity index is 4.44. The highest BCUT2D eigenvalue weighted by Gasteiger charge is 2.37. The monoisotopic (exact) mass is 274 g/mol. The van der Waals surface area contributed by atoms with Crippen LogP contribution in [0.4, 0.5) is 0 Å². The van der Waals surface area contributed by atoms with Crippen molar-refractivity contribution in [3.8, 4) is 0 Å². The normalized spacial score (nSPS) is 15.9. The van der Waals surface area contributed by atoms with Crippen molar-refractivity contribution in [3.05, 3.63) is 0 Å². The molecule has 0 unspecified atom stereocenters. The number of hydrogen-bond donors (Lipinski definition) is 0. The van der Waals surface area contributed by atoms with E-state index in [1.165, 1.54) is 6.92 Å². The standard InChI is InChI=1S/C13H26O4Si/c1-10(12(8-14)17-11(2)15)9-16-18(6,7)13(3,4)5/h8,10,12H,9H2,1-7H3/t10-,12+/m1/s1. The summed E-state index contributed by atoms with van der Waals surface area (Å²) in [5.74, 6) is -0.563. The molecule has 0 aliphatic heterocycles. The highest BCUT2D eigenvalue weighted by Crippen LogP contribution is 2.36. The zero-order valence-electron chi connectivity index (χ0n) is 12.6. The molecule has 0 aromatic rings. The molecule has 0 heterocycles. The smallest absolute Gasteiger partial charge is 0.303 e. The van der Waals surface area contributed by atoms with Gasteiger partial charge in [0.25, 0.3) is 0 Å². The van der Waals surface area contributed by atoms with Gasteiger partial charge in [-0.1, -0.05) is 27.7 Å². The lowest BCUT2D eigenvalue weighted by Gasteiger charge is -2.37. The van der Waals surface area contributed by atoms with Crippen molar-refractivity contribution in [1.29, 1.82) is 0 Å². The molecule has 0 N–H and O–H groups in total. The Hall–Kier alpha value is -0.683. The third-order valence-electron chi connectivity index (χ3n) is 3.51. The third kappa shape index (κ3) is 5.31. The maximum Gasteiger partial charge on any atom is 0.303 e. The molecule has 106 valence electrons. The van der Waals surface area contributed by atoms with E-state index in [2.05, 4.69) is 33.9 Å². The first-order chi connectivity index (χ1) is 8.01. The molecular formula is C13H26O4Si. The third-order valence-corrected chi connectivity index (χ3v) is 8.01. The molecule has 0 rings (SSSR count). The fourth-order valence-electron chi connectivity index (χ4n) is 1.12. The summed E-state index contributed by atoms with van der Waals surface area (Å²) in [5, 5.41) is 0.130. The van der Waals surface area contributed by atoms with Crippen molar-refractivity contribution >= 4 is 20.6 Å². The van der Waals surface area contributed by atoms with E-state index < -0.39 is 20.4 Å². The lowest BCUT2D eigenvalue weighted by Crippen LogP contribution is -2.43. The molecule has 0 saturated heterocycles. The predicted molar refractivity (Wildman–Crippen MR) is 73.9 cm³/mol. The van der Waals surface area contributed by atoms with E-state index in [4.69, 9.17) is 9.16 Å². The highest BCUT2D eigenvalue weighted by molar-refractivity contribution is 6.74. The van der Waals surface area contributed by atoms with Crippen LogP contribution in [0, 0.1) is 5.92 Å². The first-order valence-electron chi connectivity index (χ1n) is 6.27. The number of carbonyl (C=O) groups is 2. The van der Waals surface area contributed by atoms with Crippen molar-refractivity contribution in [2.75, 3.05) is 6.61 Å². The molecule has 0 aromatic heterocycles. The van der Waals surface area contributed by atoms with E-state index in [0.717, 1.165) is 0 Å². The van der Waals surface area contributed by atoms with Gasteiger partial charge in [-0.3, -0.25) is 9.59 Å². The van der Waals surface area contributed by atoms with Crippen LogP contribution in [0.3, 0.4) is 0 Å². The average molecular weight is 274 g/mol. The Morgan fingerprint density at radius 2 is 1.83 bits per heavy atom. The van der Waals surface area contributed by atoms with Crippen molar-refractivity contribution < 1.29 is 18.8 Å². The molecule has 0 radical (unpaired) electrons. The van der Waals surface area contributed by atoms with Crippen LogP contribution in [0.1, 0.15) is 34.6 Å². The Morgan fingerprint density at radius 3 is 2.17 bits per heavy atom. The molecule has 2 atom stereocenters. The van der Waals surface area contributed by atoms with Gasteiger partial charge in [-0.05, 0) is 18.1 Å². The minimum absolute atomic E-state index is 0.125. The van der Waals surface area contributed by atoms with E-state index in [1.807, 2.05) is 6.92 Å². The fourth-order valence-corrected chi connectivity index (χ4v) is 2.23. The van der Waals surface area contributed by atoms with Gasteiger partial charge in [-0.25, -0.2) is 0 Å². The Bertz CT molecular complexity index is 294. The van der Waals surface area contributed by atoms with Gasteiger partial charge in [0, 0.05) is 19.4 Å². The summed E-state index contributed by atoms with van der Waals surface area (Å²) in [5.41, 5.74) is 0. The Labute approximate surface area is 111 Å². The molecule has 5 heteroatoms. The molecule has 18 heavy (non-hydrogen) atoms. The quantitative estimate of drug-likeness (QED) is 0.424. The van der Waals surface area contributed by atoms with Crippen molar-refractivity contribution in [2.45, 2.75) is 58.9 Å². The lowest BCUT2D eigenvalue weighted by atomic mass is 10.1. The maximum atomic E-state index is 10.9. The summed E-state index contributed by atoms with van der Waals surface area (Å²) in [6.07, 6.45) is -0.0478. The Morgan fingerprint density at radius 1 is 1.33 bits per heavy atom. The summed E-state index contributed by atoms with van der Waals surface area (Å²) in [6, 6.07) is 0. The van der Waals surface area contributed by atoms with Gasteiger partial charge in [-0.2, -0.15) is 0 Å². The lowest BCUT2D eigenvalue weighted by molar-refractivity contribution is -0.152. The summed E-state index contributed by atoms with van der Waals surface area (Å²) in [7, 11) is -1.82. The zero-order chi connectivity index (χ0) is 14.6. The van der Waals surface area contributed by atoms with Crippen LogP contribution in [0.25, 0.3) is 0 Å². The van der Waals surface area contributed by atoms with Gasteiger partial charge in [0.2, 0.25) is 0 Å². The summed E-state index contributed by atoms with van der Waals surface area (Å²) >= 11 is 0. The maximum absolute atomic E-state index is 10.9. The summed E-state index contributed by atoms with van der Waals surface area (Å²) < 4.78 is 10.9. The molecule has 4 nitrogen and oxygen atoms in total. The molecule has 0 spiro atoms. The van der Waals surface area contributed by atoms with Crippen LogP contribution in [-0.2, 0) is 18.8 Å². The van der Waals surface area contributed by atoms with Gasteiger partial charge in [0.05, 0.1) is 0 Å². The molecule has 0 bridgehead atoms. The van der Waals surface area contributed by atoms with Gasteiger partial charge >= 0.3 is 5.97 Å². The van der Waals surface area contributed by atoms with Crippen molar-refractivity contribution in [1.82, 2.24) is 0 Å². The second-order valence-corrected chi connectivity index (χ2v) is 11.1. The second kappa shape index (κ2) is 6.47. The second-order valence-electron chi connectivity index (χ2n) is 6.26. The number of esters is 1. The van der Waals surface area contributed by atoms with E-state index >= 15 is 0 Å². The molecule has 0 aromatic carbocycles. The van der Waals surface area contributed by atoms with E-state index in [1.54, 1.807) is 0 Å². The van der Waals surface area contributed by atoms with E-state index in [-0.39, 0.29) is 11.0 Å². The summed E-state index contributed by atoms with van der Waals surface area (Å²) in [4.78, 5) is 21.7. The zero-order valence-corrected chi connectivity index (χ0v) is 13.6. The van der Waals surface area contributed by atoms with Crippen LogP contribution < -0.4 is 0 Å². The van der Waals surface area contributed by atoms with Gasteiger partial charge < -0.3 is 9.16 Å². The van der Waals surface area contributed by atoms with Gasteiger partial charge in [0.1, 0.15) is 0 Å². The molecule has 0 aliphatic rings. The molecule has 0 aliphatic carbocycles. The van der Waals surface area contributed by atoms with Crippen LogP contribution in [0.2, 0.25) is 18.1 Å². The van der Waals surface area contributed by atoms with Gasteiger partial charge in [0.15, 0.2) is 20.7 Å². The van der Waals surface area contributed by atoms with Crippen LogP contribution in [-0.4, -0.2) is 33.3 Å². The van der Waals surface area contributed by atoms with E-state index in [9.17, 15) is 9.59 Å². The number of carbonyl (C=O) groups excluding carboxylic acids is 2. The molecule has 0 saturated carbocycles. The number of hydrogen-bond acceptors (Lipinski definition) is 4. The largest absolute Gasteiger partial charge is 0.454 e. The molecule has 0 fully saturated rings. The minimum atomic E-state index is -1.82. The number of rotatable bonds is 6. The minimum Gasteiger partial charge on any atom is -0.454 e. The first-order valence-corrected chi connectivity index (χ1v) is 9.18. The average Bonchev–Trinajstić information content (AvgIpc) is 2.20. The molecular weight excluding hydrogens is 248 g/mol. The van der Waals surface area contributed by atoms with Crippen molar-refractivity contribution in [3.63, 3.8) is 0 Å². The van der Waals surface area contributed by atoms with E-state index in [0.29, 0.717) is 12.9 Å². The number of ether oxygens (including phenoxy) is 1. The SMILES string of the molecule is CC(=O)O[C@@H](C=O)[C@H](C)CO[Si](C)(C)C(C)(C)C.